The zero-order chi connectivity index (χ0) is 21.0. The van der Waals surface area contributed by atoms with Gasteiger partial charge in [-0.3, -0.25) is 14.4 Å². The van der Waals surface area contributed by atoms with Crippen molar-refractivity contribution in [3.05, 3.63) is 57.0 Å². The molecule has 2 atom stereocenters. The summed E-state index contributed by atoms with van der Waals surface area (Å²) >= 11 is 0. The highest BCUT2D eigenvalue weighted by molar-refractivity contribution is 6.14. The average Bonchev–Trinajstić information content (AvgIpc) is 3.29. The highest BCUT2D eigenvalue weighted by Crippen LogP contribution is 2.41. The Morgan fingerprint density at radius 1 is 1.20 bits per heavy atom. The van der Waals surface area contributed by atoms with Crippen molar-refractivity contribution in [2.45, 2.75) is 45.4 Å². The fourth-order valence-electron chi connectivity index (χ4n) is 5.07. The van der Waals surface area contributed by atoms with Crippen molar-refractivity contribution in [3.8, 4) is 0 Å². The molecule has 4 heterocycles. The lowest BCUT2D eigenvalue weighted by Crippen LogP contribution is -2.51. The summed E-state index contributed by atoms with van der Waals surface area (Å²) < 4.78 is 7.51. The number of nitrogens with zero attached hydrogens (tertiary/aromatic N) is 4. The fourth-order valence-corrected chi connectivity index (χ4v) is 5.07. The predicted octanol–water partition coefficient (Wildman–Crippen LogP) is 1.77. The molecule has 158 valence electrons. The third kappa shape index (κ3) is 2.91. The number of aromatic nitrogens is 2. The summed E-state index contributed by atoms with van der Waals surface area (Å²) in [7, 11) is 1.81. The van der Waals surface area contributed by atoms with Crippen LogP contribution >= 0.6 is 0 Å². The van der Waals surface area contributed by atoms with Crippen LogP contribution in [0, 0.1) is 12.3 Å². The first-order valence-electron chi connectivity index (χ1n) is 10.7. The predicted molar refractivity (Wildman–Crippen MR) is 117 cm³/mol. The monoisotopic (exact) mass is 407 g/mol. The van der Waals surface area contributed by atoms with Gasteiger partial charge in [-0.1, -0.05) is 29.8 Å². The van der Waals surface area contributed by atoms with Crippen molar-refractivity contribution in [2.75, 3.05) is 24.6 Å². The van der Waals surface area contributed by atoms with Gasteiger partial charge < -0.3 is 15.4 Å². The number of anilines is 1. The van der Waals surface area contributed by atoms with Crippen LogP contribution in [0.2, 0.25) is 0 Å². The molecular formula is C23H29N5O2. The van der Waals surface area contributed by atoms with E-state index in [-0.39, 0.29) is 23.1 Å². The van der Waals surface area contributed by atoms with E-state index in [1.165, 1.54) is 5.56 Å². The van der Waals surface area contributed by atoms with Crippen LogP contribution in [0.15, 0.2) is 34.1 Å². The lowest BCUT2D eigenvalue weighted by molar-refractivity contribution is 0.0973. The quantitative estimate of drug-likeness (QED) is 0.820. The second-order valence-electron chi connectivity index (χ2n) is 9.02. The maximum Gasteiger partial charge on any atom is 0.264 e. The highest BCUT2D eigenvalue weighted by Gasteiger charge is 2.47. The van der Waals surface area contributed by atoms with Gasteiger partial charge in [0.2, 0.25) is 5.95 Å². The Labute approximate surface area is 176 Å². The van der Waals surface area contributed by atoms with Gasteiger partial charge in [0.05, 0.1) is 36.2 Å². The van der Waals surface area contributed by atoms with Crippen LogP contribution in [0.25, 0.3) is 0 Å². The molecule has 30 heavy (non-hydrogen) atoms. The molecule has 2 aromatic rings. The molecule has 1 spiro atoms. The van der Waals surface area contributed by atoms with Crippen LogP contribution in [0.5, 0.6) is 0 Å². The van der Waals surface area contributed by atoms with Crippen molar-refractivity contribution >= 4 is 11.7 Å². The van der Waals surface area contributed by atoms with Crippen LogP contribution in [0.4, 0.5) is 5.95 Å². The van der Waals surface area contributed by atoms with E-state index in [4.69, 9.17) is 15.5 Å². The molecule has 0 bridgehead atoms. The number of fused-ring (bicyclic) bond motifs is 1. The molecule has 0 aliphatic carbocycles. The van der Waals surface area contributed by atoms with E-state index in [2.05, 4.69) is 23.7 Å². The van der Waals surface area contributed by atoms with Gasteiger partial charge in [-0.05, 0) is 26.7 Å². The van der Waals surface area contributed by atoms with Crippen LogP contribution in [-0.2, 0) is 18.3 Å². The lowest BCUT2D eigenvalue weighted by atomic mass is 9.73. The van der Waals surface area contributed by atoms with Crippen molar-refractivity contribution < 1.29 is 4.74 Å². The first-order chi connectivity index (χ1) is 14.4. The summed E-state index contributed by atoms with van der Waals surface area (Å²) in [5.74, 6) is 0.731. The highest BCUT2D eigenvalue weighted by atomic mass is 16.5. The van der Waals surface area contributed by atoms with Gasteiger partial charge in [-0.25, -0.2) is 4.98 Å². The number of nitrogens with two attached hydrogens (primary N) is 1. The number of hydrogen-bond acceptors (Lipinski definition) is 6. The normalized spacial score (nSPS) is 24.9. The second kappa shape index (κ2) is 7.03. The SMILES string of the molecule is Cc1ccc(C2=NCc3nc(N4CCC5(CC4)CO[C@@H](C)[C@H]5N)n(C)c(=O)c32)cc1. The minimum Gasteiger partial charge on any atom is -0.376 e. The van der Waals surface area contributed by atoms with Crippen LogP contribution in [0.1, 0.15) is 42.1 Å². The number of aryl methyl sites for hydroxylation is 1. The Bertz CT molecular complexity index is 1060. The van der Waals surface area contributed by atoms with E-state index in [1.807, 2.05) is 31.3 Å². The molecule has 5 rings (SSSR count). The molecule has 0 amide bonds. The first-order valence-corrected chi connectivity index (χ1v) is 10.7. The topological polar surface area (TPSA) is 85.7 Å². The summed E-state index contributed by atoms with van der Waals surface area (Å²) in [6.07, 6.45) is 2.02. The van der Waals surface area contributed by atoms with Crippen LogP contribution in [0.3, 0.4) is 0 Å². The molecule has 2 N–H and O–H groups in total. The van der Waals surface area contributed by atoms with Crippen molar-refractivity contribution in [1.82, 2.24) is 9.55 Å². The molecule has 2 saturated heterocycles. The van der Waals surface area contributed by atoms with Crippen LogP contribution < -0.4 is 16.2 Å². The van der Waals surface area contributed by atoms with Crippen molar-refractivity contribution in [3.63, 3.8) is 0 Å². The Hall–Kier alpha value is -2.51. The van der Waals surface area contributed by atoms with E-state index in [0.717, 1.165) is 55.5 Å². The number of ether oxygens (including phenoxy) is 1. The van der Waals surface area contributed by atoms with Crippen LogP contribution in [-0.4, -0.2) is 47.1 Å². The summed E-state index contributed by atoms with van der Waals surface area (Å²) in [6.45, 7) is 6.95. The summed E-state index contributed by atoms with van der Waals surface area (Å²) in [5, 5.41) is 0. The number of hydrogen-bond donors (Lipinski definition) is 1. The van der Waals surface area contributed by atoms with Gasteiger partial charge in [-0.15, -0.1) is 0 Å². The molecule has 0 saturated carbocycles. The Morgan fingerprint density at radius 3 is 2.53 bits per heavy atom. The Kier molecular flexibility index (Phi) is 4.56. The summed E-state index contributed by atoms with van der Waals surface area (Å²) in [6, 6.07) is 8.21. The summed E-state index contributed by atoms with van der Waals surface area (Å²) in [5.41, 5.74) is 10.8. The molecule has 1 aromatic heterocycles. The number of benzene rings is 1. The van der Waals surface area contributed by atoms with Gasteiger partial charge >= 0.3 is 0 Å². The number of piperidine rings is 1. The van der Waals surface area contributed by atoms with E-state index < -0.39 is 0 Å². The van der Waals surface area contributed by atoms with E-state index in [9.17, 15) is 4.79 Å². The maximum atomic E-state index is 13.3. The van der Waals surface area contributed by atoms with E-state index in [1.54, 1.807) is 4.57 Å². The average molecular weight is 408 g/mol. The van der Waals surface area contributed by atoms with E-state index >= 15 is 0 Å². The lowest BCUT2D eigenvalue weighted by Gasteiger charge is -2.41. The smallest absolute Gasteiger partial charge is 0.264 e. The largest absolute Gasteiger partial charge is 0.376 e. The molecule has 7 heteroatoms. The van der Waals surface area contributed by atoms with Gasteiger partial charge in [0.25, 0.3) is 5.56 Å². The zero-order valence-electron chi connectivity index (χ0n) is 17.9. The zero-order valence-corrected chi connectivity index (χ0v) is 17.9. The van der Waals surface area contributed by atoms with E-state index in [0.29, 0.717) is 12.1 Å². The molecular weight excluding hydrogens is 378 g/mol. The third-order valence-electron chi connectivity index (χ3n) is 7.18. The maximum absolute atomic E-state index is 13.3. The van der Waals surface area contributed by atoms with Crippen molar-refractivity contribution in [2.24, 2.45) is 23.2 Å². The number of aliphatic imine (C=N–C) groups is 1. The Balaban J connectivity index is 1.43. The Morgan fingerprint density at radius 2 is 1.90 bits per heavy atom. The molecule has 0 radical (unpaired) electrons. The molecule has 3 aliphatic rings. The van der Waals surface area contributed by atoms with Gasteiger partial charge in [0.15, 0.2) is 0 Å². The summed E-state index contributed by atoms with van der Waals surface area (Å²) in [4.78, 5) is 25.1. The molecule has 1 aromatic carbocycles. The van der Waals surface area contributed by atoms with Gasteiger partial charge in [0, 0.05) is 37.2 Å². The van der Waals surface area contributed by atoms with Crippen molar-refractivity contribution in [1.29, 1.82) is 0 Å². The minimum absolute atomic E-state index is 0.0263. The third-order valence-corrected chi connectivity index (χ3v) is 7.18. The fraction of sp³-hybridized carbons (Fsp3) is 0.522. The minimum atomic E-state index is -0.0263. The van der Waals surface area contributed by atoms with Gasteiger partial charge in [-0.2, -0.15) is 0 Å². The molecule has 7 nitrogen and oxygen atoms in total. The molecule has 2 fully saturated rings. The second-order valence-corrected chi connectivity index (χ2v) is 9.02. The standard InChI is InChI=1S/C23H29N5O2/c1-14-4-6-16(7-5-14)19-18-17(12-25-19)26-22(27(3)21(18)29)28-10-8-23(9-11-28)13-30-15(2)20(23)24/h4-7,15,20H,8-13,24H2,1-3H3/t15-,20+/m0/s1. The molecule has 0 unspecified atom stereocenters. The molecule has 3 aliphatic heterocycles. The van der Waals surface area contributed by atoms with Gasteiger partial charge in [0.1, 0.15) is 0 Å². The first kappa shape index (κ1) is 19.5. The number of rotatable bonds is 2.